The molecule has 1 aromatic carbocycles. The Hall–Kier alpha value is -2.17. The zero-order valence-corrected chi connectivity index (χ0v) is 8.02. The first-order chi connectivity index (χ1) is 7.72. The average molecular weight is 220 g/mol. The van der Waals surface area contributed by atoms with Crippen molar-refractivity contribution in [3.8, 4) is 11.3 Å². The number of halogens is 2. The molecule has 1 heterocycles. The maximum atomic E-state index is 13.3. The van der Waals surface area contributed by atoms with Gasteiger partial charge in [0.1, 0.15) is 11.6 Å². The lowest BCUT2D eigenvalue weighted by Crippen LogP contribution is -1.95. The van der Waals surface area contributed by atoms with Crippen LogP contribution in [-0.4, -0.2) is 16.3 Å². The summed E-state index contributed by atoms with van der Waals surface area (Å²) in [6, 6.07) is 2.10. The van der Waals surface area contributed by atoms with Crippen LogP contribution in [0.4, 0.5) is 8.78 Å². The molecule has 0 saturated heterocycles. The minimum Gasteiger partial charge on any atom is -0.298 e. The molecule has 0 N–H and O–H groups in total. The van der Waals surface area contributed by atoms with E-state index >= 15 is 0 Å². The van der Waals surface area contributed by atoms with Crippen molar-refractivity contribution in [3.05, 3.63) is 47.9 Å². The predicted molar refractivity (Wildman–Crippen MR) is 52.8 cm³/mol. The average Bonchev–Trinajstić information content (AvgIpc) is 2.30. The van der Waals surface area contributed by atoms with Crippen molar-refractivity contribution in [1.29, 1.82) is 0 Å². The molecule has 0 atom stereocenters. The Morgan fingerprint density at radius 3 is 2.31 bits per heavy atom. The van der Waals surface area contributed by atoms with Crippen molar-refractivity contribution in [1.82, 2.24) is 9.97 Å². The molecule has 0 aliphatic rings. The Labute approximate surface area is 89.8 Å². The van der Waals surface area contributed by atoms with Gasteiger partial charge < -0.3 is 0 Å². The summed E-state index contributed by atoms with van der Waals surface area (Å²) in [6.07, 6.45) is 4.40. The van der Waals surface area contributed by atoms with E-state index in [1.54, 1.807) is 0 Å². The van der Waals surface area contributed by atoms with Gasteiger partial charge in [-0.3, -0.25) is 14.8 Å². The van der Waals surface area contributed by atoms with Gasteiger partial charge in [-0.1, -0.05) is 0 Å². The number of rotatable bonds is 2. The number of carbonyl (C=O) groups is 1. The number of nitrogens with zero attached hydrogens (tertiary/aromatic N) is 2. The molecule has 2 aromatic rings. The minimum absolute atomic E-state index is 0.144. The van der Waals surface area contributed by atoms with Crippen LogP contribution in [0.1, 0.15) is 10.4 Å². The third kappa shape index (κ3) is 1.79. The van der Waals surface area contributed by atoms with Crippen LogP contribution >= 0.6 is 0 Å². The molecule has 16 heavy (non-hydrogen) atoms. The van der Waals surface area contributed by atoms with E-state index in [0.29, 0.717) is 5.69 Å². The van der Waals surface area contributed by atoms with Gasteiger partial charge in [-0.2, -0.15) is 0 Å². The summed E-state index contributed by atoms with van der Waals surface area (Å²) in [5.41, 5.74) is 0.0130. The van der Waals surface area contributed by atoms with Crippen molar-refractivity contribution in [2.45, 2.75) is 0 Å². The summed E-state index contributed by atoms with van der Waals surface area (Å²) in [6.45, 7) is 0. The molecule has 3 nitrogen and oxygen atoms in total. The van der Waals surface area contributed by atoms with Gasteiger partial charge in [0.15, 0.2) is 6.29 Å². The molecule has 0 radical (unpaired) electrons. The standard InChI is InChI=1S/C11H6F2N2O/c12-9-3-7(4-10(13)8(9)6-16)11-5-14-1-2-15-11/h1-6H. The summed E-state index contributed by atoms with van der Waals surface area (Å²) in [5, 5.41) is 0. The van der Waals surface area contributed by atoms with Crippen LogP contribution < -0.4 is 0 Å². The normalized spacial score (nSPS) is 10.1. The van der Waals surface area contributed by atoms with E-state index in [4.69, 9.17) is 0 Å². The highest BCUT2D eigenvalue weighted by Gasteiger charge is 2.11. The summed E-state index contributed by atoms with van der Waals surface area (Å²) in [7, 11) is 0. The van der Waals surface area contributed by atoms with Gasteiger partial charge in [0.05, 0.1) is 17.5 Å². The van der Waals surface area contributed by atoms with E-state index in [1.807, 2.05) is 0 Å². The molecule has 0 saturated carbocycles. The maximum absolute atomic E-state index is 13.3. The molecule has 0 unspecified atom stereocenters. The van der Waals surface area contributed by atoms with Crippen LogP contribution in [0, 0.1) is 11.6 Å². The largest absolute Gasteiger partial charge is 0.298 e. The molecule has 5 heteroatoms. The third-order valence-corrected chi connectivity index (χ3v) is 2.06. The molecule has 0 spiro atoms. The van der Waals surface area contributed by atoms with Gasteiger partial charge in [0.25, 0.3) is 0 Å². The highest BCUT2D eigenvalue weighted by atomic mass is 19.1. The quantitative estimate of drug-likeness (QED) is 0.729. The Bertz CT molecular complexity index is 506. The van der Waals surface area contributed by atoms with E-state index in [-0.39, 0.29) is 11.8 Å². The predicted octanol–water partition coefficient (Wildman–Crippen LogP) is 2.23. The molecular weight excluding hydrogens is 214 g/mol. The molecular formula is C11H6F2N2O. The number of aldehydes is 1. The summed E-state index contributed by atoms with van der Waals surface area (Å²) < 4.78 is 26.6. The second-order valence-electron chi connectivity index (χ2n) is 3.06. The summed E-state index contributed by atoms with van der Waals surface area (Å²) >= 11 is 0. The highest BCUT2D eigenvalue weighted by Crippen LogP contribution is 2.21. The second kappa shape index (κ2) is 4.14. The maximum Gasteiger partial charge on any atom is 0.155 e. The molecule has 1 aromatic heterocycles. The van der Waals surface area contributed by atoms with Crippen LogP contribution in [0.3, 0.4) is 0 Å². The first-order valence-corrected chi connectivity index (χ1v) is 4.43. The van der Waals surface area contributed by atoms with Crippen LogP contribution in [0.2, 0.25) is 0 Å². The van der Waals surface area contributed by atoms with Gasteiger partial charge in [0.2, 0.25) is 0 Å². The summed E-state index contributed by atoms with van der Waals surface area (Å²) in [4.78, 5) is 18.1. The molecule has 0 aliphatic carbocycles. The van der Waals surface area contributed by atoms with Crippen molar-refractivity contribution < 1.29 is 13.6 Å². The van der Waals surface area contributed by atoms with Gasteiger partial charge in [-0.25, -0.2) is 8.78 Å². The second-order valence-corrected chi connectivity index (χ2v) is 3.06. The SMILES string of the molecule is O=Cc1c(F)cc(-c2cnccn2)cc1F. The fourth-order valence-corrected chi connectivity index (χ4v) is 1.29. The first kappa shape index (κ1) is 10.4. The van der Waals surface area contributed by atoms with Crippen LogP contribution in [0.5, 0.6) is 0 Å². The van der Waals surface area contributed by atoms with E-state index < -0.39 is 17.2 Å². The van der Waals surface area contributed by atoms with Gasteiger partial charge >= 0.3 is 0 Å². The zero-order chi connectivity index (χ0) is 11.5. The Morgan fingerprint density at radius 2 is 1.81 bits per heavy atom. The van der Waals surface area contributed by atoms with Gasteiger partial charge in [-0.05, 0) is 12.1 Å². The van der Waals surface area contributed by atoms with Gasteiger partial charge in [0, 0.05) is 18.0 Å². The van der Waals surface area contributed by atoms with Crippen LogP contribution in [0.15, 0.2) is 30.7 Å². The molecule has 0 fully saturated rings. The van der Waals surface area contributed by atoms with Crippen molar-refractivity contribution in [3.63, 3.8) is 0 Å². The van der Waals surface area contributed by atoms with E-state index in [0.717, 1.165) is 12.1 Å². The van der Waals surface area contributed by atoms with Crippen LogP contribution in [-0.2, 0) is 0 Å². The van der Waals surface area contributed by atoms with Crippen molar-refractivity contribution >= 4 is 6.29 Å². The number of carbonyl (C=O) groups excluding carboxylic acids is 1. The van der Waals surface area contributed by atoms with Crippen LogP contribution in [0.25, 0.3) is 11.3 Å². The third-order valence-electron chi connectivity index (χ3n) is 2.06. The Kier molecular flexibility index (Phi) is 2.68. The Morgan fingerprint density at radius 1 is 1.12 bits per heavy atom. The van der Waals surface area contributed by atoms with E-state index in [1.165, 1.54) is 18.6 Å². The fourth-order valence-electron chi connectivity index (χ4n) is 1.29. The molecule has 80 valence electrons. The molecule has 0 bridgehead atoms. The van der Waals surface area contributed by atoms with E-state index in [9.17, 15) is 13.6 Å². The number of aromatic nitrogens is 2. The van der Waals surface area contributed by atoms with Crippen molar-refractivity contribution in [2.24, 2.45) is 0 Å². The monoisotopic (exact) mass is 220 g/mol. The lowest BCUT2D eigenvalue weighted by molar-refractivity contribution is 0.111. The lowest BCUT2D eigenvalue weighted by atomic mass is 10.1. The number of hydrogen-bond donors (Lipinski definition) is 0. The topological polar surface area (TPSA) is 42.9 Å². The molecule has 2 rings (SSSR count). The molecule has 0 aliphatic heterocycles. The minimum atomic E-state index is -0.907. The van der Waals surface area contributed by atoms with Gasteiger partial charge in [-0.15, -0.1) is 0 Å². The van der Waals surface area contributed by atoms with E-state index in [2.05, 4.69) is 9.97 Å². The first-order valence-electron chi connectivity index (χ1n) is 4.43. The lowest BCUT2D eigenvalue weighted by Gasteiger charge is -2.02. The smallest absolute Gasteiger partial charge is 0.155 e. The zero-order valence-electron chi connectivity index (χ0n) is 8.02. The summed E-state index contributed by atoms with van der Waals surface area (Å²) in [5.74, 6) is -1.81. The number of hydrogen-bond acceptors (Lipinski definition) is 3. The van der Waals surface area contributed by atoms with Crippen molar-refractivity contribution in [2.75, 3.05) is 0 Å². The Balaban J connectivity index is 2.57. The highest BCUT2D eigenvalue weighted by molar-refractivity contribution is 5.77. The number of benzene rings is 1. The fraction of sp³-hybridized carbons (Fsp3) is 0. The molecule has 0 amide bonds.